The maximum Gasteiger partial charge on any atom is 0.274 e. The predicted octanol–water partition coefficient (Wildman–Crippen LogP) is 2.80. The van der Waals surface area contributed by atoms with Crippen molar-refractivity contribution in [3.05, 3.63) is 45.1 Å². The van der Waals surface area contributed by atoms with Crippen LogP contribution >= 0.6 is 11.6 Å². The molecule has 0 unspecified atom stereocenters. The summed E-state index contributed by atoms with van der Waals surface area (Å²) in [6, 6.07) is 3.28. The molecule has 3 aromatic rings. The first-order valence-corrected chi connectivity index (χ1v) is 9.39. The van der Waals surface area contributed by atoms with Crippen molar-refractivity contribution in [1.29, 1.82) is 0 Å². The number of likely N-dealkylation sites (N-methyl/N-ethyl adjacent to an activating group) is 1. The minimum atomic E-state index is -0.317. The van der Waals surface area contributed by atoms with Crippen molar-refractivity contribution in [2.45, 2.75) is 32.6 Å². The number of H-pyrrole nitrogens is 1. The molecule has 3 rings (SSSR count). The number of fused-ring (bicyclic) bond motifs is 3. The van der Waals surface area contributed by atoms with E-state index in [0.29, 0.717) is 16.6 Å². The monoisotopic (exact) mass is 390 g/mol. The van der Waals surface area contributed by atoms with E-state index in [4.69, 9.17) is 16.7 Å². The highest BCUT2D eigenvalue weighted by Gasteiger charge is 2.20. The van der Waals surface area contributed by atoms with Gasteiger partial charge in [0.25, 0.3) is 11.5 Å². The minimum absolute atomic E-state index is 0.140. The summed E-state index contributed by atoms with van der Waals surface area (Å²) >= 11 is 6.41. The number of nitrogens with one attached hydrogen (secondary N) is 1. The summed E-state index contributed by atoms with van der Waals surface area (Å²) in [5.74, 6) is 0.717. The molecule has 0 radical (unpaired) electrons. The van der Waals surface area contributed by atoms with Crippen LogP contribution in [0.25, 0.3) is 16.6 Å². The molecular weight excluding hydrogens is 368 g/mol. The molecule has 8 heteroatoms. The molecule has 0 fully saturated rings. The van der Waals surface area contributed by atoms with Crippen LogP contribution in [0.2, 0.25) is 5.02 Å². The van der Waals surface area contributed by atoms with Crippen LogP contribution in [0.1, 0.15) is 48.8 Å². The number of hydrogen-bond acceptors (Lipinski definition) is 4. The molecule has 7 nitrogen and oxygen atoms in total. The average Bonchev–Trinajstić information content (AvgIpc) is 3.08. The zero-order valence-corrected chi connectivity index (χ0v) is 16.4. The largest absolute Gasteiger partial charge is 0.395 e. The second-order valence-electron chi connectivity index (χ2n) is 6.60. The quantitative estimate of drug-likeness (QED) is 0.677. The lowest BCUT2D eigenvalue weighted by atomic mass is 10.0. The molecule has 2 aromatic heterocycles. The Hall–Kier alpha value is -2.38. The highest BCUT2D eigenvalue weighted by Crippen LogP contribution is 2.28. The number of amides is 1. The van der Waals surface area contributed by atoms with Crippen LogP contribution in [0.15, 0.2) is 23.1 Å². The fraction of sp³-hybridized carbons (Fsp3) is 0.421. The van der Waals surface area contributed by atoms with E-state index in [1.165, 1.54) is 4.90 Å². The molecule has 0 aliphatic heterocycles. The Morgan fingerprint density at radius 2 is 2.04 bits per heavy atom. The Labute approximate surface area is 161 Å². The van der Waals surface area contributed by atoms with Crippen LogP contribution in [-0.2, 0) is 0 Å². The Bertz CT molecular complexity index is 1050. The van der Waals surface area contributed by atoms with E-state index < -0.39 is 0 Å². The fourth-order valence-electron chi connectivity index (χ4n) is 3.38. The van der Waals surface area contributed by atoms with Crippen molar-refractivity contribution < 1.29 is 9.90 Å². The maximum absolute atomic E-state index is 12.6. The number of rotatable bonds is 6. The molecule has 144 valence electrons. The first kappa shape index (κ1) is 19.4. The summed E-state index contributed by atoms with van der Waals surface area (Å²) in [4.78, 5) is 33.8. The van der Waals surface area contributed by atoms with Crippen LogP contribution in [0, 0.1) is 0 Å². The van der Waals surface area contributed by atoms with Gasteiger partial charge in [0, 0.05) is 19.5 Å². The molecule has 0 aliphatic rings. The first-order chi connectivity index (χ1) is 12.9. The number of hydrogen-bond donors (Lipinski definition) is 2. The molecule has 2 N–H and O–H groups in total. The molecule has 0 aliphatic carbocycles. The number of aromatic nitrogens is 3. The summed E-state index contributed by atoms with van der Waals surface area (Å²) in [6.07, 6.45) is 3.38. The Balaban J connectivity index is 2.27. The van der Waals surface area contributed by atoms with E-state index in [0.717, 1.165) is 18.7 Å². The van der Waals surface area contributed by atoms with Crippen molar-refractivity contribution >= 4 is 34.1 Å². The van der Waals surface area contributed by atoms with Gasteiger partial charge in [0.05, 0.1) is 34.4 Å². The fourth-order valence-corrected chi connectivity index (χ4v) is 3.62. The number of carbonyl (C=O) groups is 1. The topological polar surface area (TPSA) is 90.7 Å². The smallest absolute Gasteiger partial charge is 0.274 e. The molecule has 0 bridgehead atoms. The van der Waals surface area contributed by atoms with E-state index in [9.17, 15) is 9.59 Å². The number of aromatic amines is 1. The Morgan fingerprint density at radius 3 is 2.67 bits per heavy atom. The third kappa shape index (κ3) is 3.33. The lowest BCUT2D eigenvalue weighted by Gasteiger charge is -2.18. The Kier molecular flexibility index (Phi) is 5.53. The minimum Gasteiger partial charge on any atom is -0.395 e. The van der Waals surface area contributed by atoms with Crippen LogP contribution < -0.4 is 5.56 Å². The van der Waals surface area contributed by atoms with Crippen LogP contribution in [0.4, 0.5) is 0 Å². The van der Waals surface area contributed by atoms with Crippen LogP contribution in [-0.4, -0.2) is 50.5 Å². The van der Waals surface area contributed by atoms with Gasteiger partial charge in [0.15, 0.2) is 0 Å². The van der Waals surface area contributed by atoms with Crippen molar-refractivity contribution in [2.24, 2.45) is 0 Å². The van der Waals surface area contributed by atoms with Gasteiger partial charge in [-0.25, -0.2) is 4.98 Å². The maximum atomic E-state index is 12.6. The normalized spacial score (nSPS) is 11.6. The summed E-state index contributed by atoms with van der Waals surface area (Å²) < 4.78 is 1.84. The molecular formula is C19H23ClN4O3. The van der Waals surface area contributed by atoms with E-state index in [2.05, 4.69) is 23.8 Å². The molecule has 1 aromatic carbocycles. The zero-order chi connectivity index (χ0) is 19.7. The highest BCUT2D eigenvalue weighted by atomic mass is 35.5. The molecule has 0 saturated carbocycles. The van der Waals surface area contributed by atoms with Gasteiger partial charge in [-0.2, -0.15) is 0 Å². The average molecular weight is 391 g/mol. The first-order valence-electron chi connectivity index (χ1n) is 9.02. The summed E-state index contributed by atoms with van der Waals surface area (Å²) in [5, 5.41) is 9.34. The molecule has 0 atom stereocenters. The van der Waals surface area contributed by atoms with Crippen molar-refractivity contribution in [3.63, 3.8) is 0 Å². The third-order valence-electron chi connectivity index (χ3n) is 4.96. The number of benzene rings is 1. The van der Waals surface area contributed by atoms with Crippen molar-refractivity contribution in [3.8, 4) is 0 Å². The lowest BCUT2D eigenvalue weighted by Crippen LogP contribution is -2.29. The van der Waals surface area contributed by atoms with Gasteiger partial charge in [0.1, 0.15) is 11.3 Å². The molecule has 2 heterocycles. The molecule has 0 spiro atoms. The number of aliphatic hydroxyl groups excluding tert-OH is 1. The van der Waals surface area contributed by atoms with Crippen molar-refractivity contribution in [2.75, 3.05) is 20.2 Å². The van der Waals surface area contributed by atoms with Crippen molar-refractivity contribution in [1.82, 2.24) is 19.3 Å². The Morgan fingerprint density at radius 1 is 1.33 bits per heavy atom. The van der Waals surface area contributed by atoms with E-state index in [1.54, 1.807) is 25.4 Å². The summed E-state index contributed by atoms with van der Waals surface area (Å²) in [7, 11) is 1.59. The standard InChI is InChI=1S/C19H23ClN4O3/c1-4-11(5-2)17-21-10-16-18(26)22-14-8-12(19(27)23(3)6-7-25)13(20)9-15(14)24(16)17/h8-11,25H,4-7H2,1-3H3,(H,22,26). The molecule has 27 heavy (non-hydrogen) atoms. The van der Waals surface area contributed by atoms with Crippen LogP contribution in [0.3, 0.4) is 0 Å². The highest BCUT2D eigenvalue weighted by molar-refractivity contribution is 6.34. The van der Waals surface area contributed by atoms with E-state index in [1.807, 2.05) is 4.40 Å². The predicted molar refractivity (Wildman–Crippen MR) is 106 cm³/mol. The lowest BCUT2D eigenvalue weighted by molar-refractivity contribution is 0.0767. The molecule has 1 amide bonds. The van der Waals surface area contributed by atoms with Gasteiger partial charge in [0.2, 0.25) is 0 Å². The van der Waals surface area contributed by atoms with E-state index in [-0.39, 0.29) is 41.1 Å². The number of imidazole rings is 1. The van der Waals surface area contributed by atoms with E-state index >= 15 is 0 Å². The van der Waals surface area contributed by atoms with Gasteiger partial charge in [-0.1, -0.05) is 25.4 Å². The number of nitrogens with zero attached hydrogens (tertiary/aromatic N) is 3. The third-order valence-corrected chi connectivity index (χ3v) is 5.27. The van der Waals surface area contributed by atoms with Gasteiger partial charge >= 0.3 is 0 Å². The second kappa shape index (κ2) is 7.70. The van der Waals surface area contributed by atoms with Gasteiger partial charge < -0.3 is 15.0 Å². The summed E-state index contributed by atoms with van der Waals surface area (Å²) in [6.45, 7) is 4.23. The van der Waals surface area contributed by atoms with Crippen LogP contribution in [0.5, 0.6) is 0 Å². The molecule has 0 saturated heterocycles. The van der Waals surface area contributed by atoms with Gasteiger partial charge in [-0.3, -0.25) is 14.0 Å². The second-order valence-corrected chi connectivity index (χ2v) is 7.01. The van der Waals surface area contributed by atoms with Gasteiger partial charge in [-0.05, 0) is 25.0 Å². The SMILES string of the molecule is CCC(CC)c1ncc2c(=O)[nH]c3cc(C(=O)N(C)CCO)c(Cl)cc3n12. The number of halogens is 1. The van der Waals surface area contributed by atoms with Gasteiger partial charge in [-0.15, -0.1) is 0 Å². The summed E-state index contributed by atoms with van der Waals surface area (Å²) in [5.41, 5.74) is 1.69. The number of carbonyl (C=O) groups excluding carboxylic acids is 1. The number of aliphatic hydroxyl groups is 1. The zero-order valence-electron chi connectivity index (χ0n) is 15.6.